The van der Waals surface area contributed by atoms with Crippen LogP contribution in [0.3, 0.4) is 0 Å². The average Bonchev–Trinajstić information content (AvgIpc) is 2.50. The number of nitrogens with one attached hydrogen (secondary N) is 2. The van der Waals surface area contributed by atoms with Crippen LogP contribution < -0.4 is 10.6 Å². The van der Waals surface area contributed by atoms with Crippen LogP contribution in [-0.4, -0.2) is 11.0 Å². The molecule has 0 aliphatic heterocycles. The molecule has 2 N–H and O–H groups in total. The Balaban J connectivity index is 1.95. The zero-order valence-electron chi connectivity index (χ0n) is 12.7. The molecule has 2 aromatic rings. The van der Waals surface area contributed by atoms with Gasteiger partial charge in [-0.15, -0.1) is 0 Å². The van der Waals surface area contributed by atoms with E-state index in [4.69, 9.17) is 23.8 Å². The summed E-state index contributed by atoms with van der Waals surface area (Å²) in [4.78, 5) is 12.0. The number of anilines is 1. The second-order valence-corrected chi connectivity index (χ2v) is 6.85. The van der Waals surface area contributed by atoms with Crippen molar-refractivity contribution >= 4 is 56.5 Å². The van der Waals surface area contributed by atoms with E-state index in [9.17, 15) is 4.79 Å². The van der Waals surface area contributed by atoms with Gasteiger partial charge in [0, 0.05) is 15.2 Å². The average molecular weight is 412 g/mol. The molecule has 0 aromatic heterocycles. The van der Waals surface area contributed by atoms with Gasteiger partial charge in [0.05, 0.1) is 6.42 Å². The van der Waals surface area contributed by atoms with Crippen LogP contribution in [0.5, 0.6) is 0 Å². The SMILES string of the molecule is Cc1c(Br)ccc(NC(=S)NC(=O)Cc2ccc(Cl)cc2)c1C. The largest absolute Gasteiger partial charge is 0.332 e. The van der Waals surface area contributed by atoms with Gasteiger partial charge in [0.15, 0.2) is 5.11 Å². The molecule has 0 fully saturated rings. The molecule has 0 radical (unpaired) electrons. The highest BCUT2D eigenvalue weighted by Gasteiger charge is 2.09. The van der Waals surface area contributed by atoms with Crippen LogP contribution in [0.15, 0.2) is 40.9 Å². The van der Waals surface area contributed by atoms with Gasteiger partial charge in [-0.1, -0.05) is 39.7 Å². The number of amides is 1. The minimum Gasteiger partial charge on any atom is -0.332 e. The van der Waals surface area contributed by atoms with Crippen molar-refractivity contribution in [3.05, 3.63) is 62.6 Å². The third-order valence-corrected chi connectivity index (χ3v) is 4.82. The third kappa shape index (κ3) is 5.03. The van der Waals surface area contributed by atoms with Crippen molar-refractivity contribution < 1.29 is 4.79 Å². The lowest BCUT2D eigenvalue weighted by Crippen LogP contribution is -2.35. The van der Waals surface area contributed by atoms with Crippen molar-refractivity contribution in [2.75, 3.05) is 5.32 Å². The first-order valence-electron chi connectivity index (χ1n) is 6.98. The molecule has 0 unspecified atom stereocenters. The van der Waals surface area contributed by atoms with E-state index in [2.05, 4.69) is 26.6 Å². The molecule has 2 aromatic carbocycles. The van der Waals surface area contributed by atoms with E-state index in [0.717, 1.165) is 26.9 Å². The molecule has 0 aliphatic carbocycles. The normalized spacial score (nSPS) is 10.3. The van der Waals surface area contributed by atoms with Gasteiger partial charge < -0.3 is 10.6 Å². The number of hydrogen-bond acceptors (Lipinski definition) is 2. The lowest BCUT2D eigenvalue weighted by Gasteiger charge is -2.14. The Morgan fingerprint density at radius 1 is 1.13 bits per heavy atom. The standard InChI is InChI=1S/C17H16BrClN2OS/c1-10-11(2)15(8-7-14(10)18)20-17(23)21-16(22)9-12-3-5-13(19)6-4-12/h3-8H,9H2,1-2H3,(H2,20,21,22,23). The zero-order valence-corrected chi connectivity index (χ0v) is 15.9. The van der Waals surface area contributed by atoms with E-state index in [1.807, 2.05) is 38.1 Å². The molecular formula is C17H16BrClN2OS. The van der Waals surface area contributed by atoms with Crippen LogP contribution in [-0.2, 0) is 11.2 Å². The highest BCUT2D eigenvalue weighted by molar-refractivity contribution is 9.10. The van der Waals surface area contributed by atoms with E-state index >= 15 is 0 Å². The van der Waals surface area contributed by atoms with Crippen LogP contribution in [0.4, 0.5) is 5.69 Å². The first-order valence-corrected chi connectivity index (χ1v) is 8.55. The zero-order chi connectivity index (χ0) is 17.0. The Hall–Kier alpha value is -1.43. The molecule has 1 amide bonds. The minimum atomic E-state index is -0.170. The fourth-order valence-corrected chi connectivity index (χ4v) is 2.81. The summed E-state index contributed by atoms with van der Waals surface area (Å²) in [6.07, 6.45) is 0.247. The van der Waals surface area contributed by atoms with Gasteiger partial charge in [0.25, 0.3) is 0 Å². The molecule has 0 saturated carbocycles. The van der Waals surface area contributed by atoms with Crippen LogP contribution in [0, 0.1) is 13.8 Å². The van der Waals surface area contributed by atoms with Crippen molar-refractivity contribution in [1.29, 1.82) is 0 Å². The summed E-state index contributed by atoms with van der Waals surface area (Å²) in [6.45, 7) is 4.02. The predicted octanol–water partition coefficient (Wildman–Crippen LogP) is 4.78. The van der Waals surface area contributed by atoms with Gasteiger partial charge in [-0.3, -0.25) is 4.79 Å². The van der Waals surface area contributed by atoms with Gasteiger partial charge in [0.2, 0.25) is 5.91 Å². The molecule has 23 heavy (non-hydrogen) atoms. The fraction of sp³-hybridized carbons (Fsp3) is 0.176. The molecule has 0 aliphatic rings. The van der Waals surface area contributed by atoms with Crippen molar-refractivity contribution in [3.63, 3.8) is 0 Å². The summed E-state index contributed by atoms with van der Waals surface area (Å²) in [7, 11) is 0. The van der Waals surface area contributed by atoms with Gasteiger partial charge >= 0.3 is 0 Å². The summed E-state index contributed by atoms with van der Waals surface area (Å²) in [6, 6.07) is 11.0. The second-order valence-electron chi connectivity index (χ2n) is 5.15. The number of halogens is 2. The lowest BCUT2D eigenvalue weighted by atomic mass is 10.1. The van der Waals surface area contributed by atoms with Gasteiger partial charge in [-0.25, -0.2) is 0 Å². The maximum absolute atomic E-state index is 12.0. The molecule has 0 heterocycles. The Morgan fingerprint density at radius 2 is 1.78 bits per heavy atom. The monoisotopic (exact) mass is 410 g/mol. The smallest absolute Gasteiger partial charge is 0.230 e. The molecule has 3 nitrogen and oxygen atoms in total. The van der Waals surface area contributed by atoms with E-state index in [1.54, 1.807) is 12.1 Å². The number of carbonyl (C=O) groups is 1. The minimum absolute atomic E-state index is 0.170. The molecule has 2 rings (SSSR count). The summed E-state index contributed by atoms with van der Waals surface area (Å²) >= 11 is 14.5. The summed E-state index contributed by atoms with van der Waals surface area (Å²) < 4.78 is 1.04. The first kappa shape index (κ1) is 17.9. The van der Waals surface area contributed by atoms with Gasteiger partial charge in [0.1, 0.15) is 0 Å². The Labute approximate surface area is 154 Å². The highest BCUT2D eigenvalue weighted by atomic mass is 79.9. The molecule has 0 spiro atoms. The van der Waals surface area contributed by atoms with Crippen LogP contribution in [0.2, 0.25) is 5.02 Å². The van der Waals surface area contributed by atoms with Crippen molar-refractivity contribution in [3.8, 4) is 0 Å². The summed E-state index contributed by atoms with van der Waals surface area (Å²) in [5.74, 6) is -0.170. The molecule has 0 bridgehead atoms. The number of carbonyl (C=O) groups excluding carboxylic acids is 1. The molecule has 6 heteroatoms. The van der Waals surface area contributed by atoms with E-state index < -0.39 is 0 Å². The first-order chi connectivity index (χ1) is 10.9. The van der Waals surface area contributed by atoms with E-state index in [0.29, 0.717) is 5.02 Å². The summed E-state index contributed by atoms with van der Waals surface area (Å²) in [5, 5.41) is 6.68. The van der Waals surface area contributed by atoms with Crippen LogP contribution in [0.1, 0.15) is 16.7 Å². The maximum atomic E-state index is 12.0. The topological polar surface area (TPSA) is 41.1 Å². The lowest BCUT2D eigenvalue weighted by molar-refractivity contribution is -0.119. The Bertz CT molecular complexity index is 747. The van der Waals surface area contributed by atoms with Gasteiger partial charge in [-0.2, -0.15) is 0 Å². The molecular weight excluding hydrogens is 396 g/mol. The predicted molar refractivity (Wildman–Crippen MR) is 103 cm³/mol. The van der Waals surface area contributed by atoms with Crippen molar-refractivity contribution in [2.45, 2.75) is 20.3 Å². The second kappa shape index (κ2) is 7.90. The van der Waals surface area contributed by atoms with E-state index in [1.165, 1.54) is 0 Å². The third-order valence-electron chi connectivity index (χ3n) is 3.50. The number of rotatable bonds is 3. The van der Waals surface area contributed by atoms with Gasteiger partial charge in [-0.05, 0) is 67.0 Å². The van der Waals surface area contributed by atoms with Crippen molar-refractivity contribution in [2.24, 2.45) is 0 Å². The quantitative estimate of drug-likeness (QED) is 0.715. The Kier molecular flexibility index (Phi) is 6.16. The number of thiocarbonyl (C=S) groups is 1. The maximum Gasteiger partial charge on any atom is 0.230 e. The highest BCUT2D eigenvalue weighted by Crippen LogP contribution is 2.25. The van der Waals surface area contributed by atoms with Crippen LogP contribution >= 0.6 is 39.7 Å². The molecule has 0 atom stereocenters. The molecule has 120 valence electrons. The number of benzene rings is 2. The van der Waals surface area contributed by atoms with Crippen LogP contribution in [0.25, 0.3) is 0 Å². The molecule has 0 saturated heterocycles. The van der Waals surface area contributed by atoms with Crippen molar-refractivity contribution in [1.82, 2.24) is 5.32 Å². The fourth-order valence-electron chi connectivity index (χ4n) is 2.04. The van der Waals surface area contributed by atoms with E-state index in [-0.39, 0.29) is 17.4 Å². The summed E-state index contributed by atoms with van der Waals surface area (Å²) in [5.41, 5.74) is 3.96. The number of hydrogen-bond donors (Lipinski definition) is 2. The Morgan fingerprint density at radius 3 is 2.43 bits per heavy atom.